The van der Waals surface area contributed by atoms with E-state index in [9.17, 15) is 0 Å². The zero-order chi connectivity index (χ0) is 13.7. The zero-order valence-corrected chi connectivity index (χ0v) is 14.1. The van der Waals surface area contributed by atoms with Gasteiger partial charge in [-0.2, -0.15) is 0 Å². The van der Waals surface area contributed by atoms with Crippen LogP contribution in [0.2, 0.25) is 0 Å². The Morgan fingerprint density at radius 2 is 1.95 bits per heavy atom. The smallest absolute Gasteiger partial charge is 0.0874 e. The molecule has 0 aromatic carbocycles. The monoisotopic (exact) mass is 388 g/mol. The van der Waals surface area contributed by atoms with Crippen LogP contribution in [0, 0.1) is 0 Å². The van der Waals surface area contributed by atoms with E-state index >= 15 is 0 Å². The maximum absolute atomic E-state index is 5.98. The summed E-state index contributed by atoms with van der Waals surface area (Å²) in [7, 11) is 0. The highest BCUT2D eigenvalue weighted by Crippen LogP contribution is 2.34. The third-order valence-electron chi connectivity index (χ3n) is 3.33. The summed E-state index contributed by atoms with van der Waals surface area (Å²) in [5.74, 6) is 0. The maximum atomic E-state index is 5.98. The summed E-state index contributed by atoms with van der Waals surface area (Å²) >= 11 is 6.69. The van der Waals surface area contributed by atoms with Crippen molar-refractivity contribution in [2.24, 2.45) is 0 Å². The van der Waals surface area contributed by atoms with Crippen molar-refractivity contribution in [1.82, 2.24) is 0 Å². The Morgan fingerprint density at radius 3 is 2.63 bits per heavy atom. The number of rotatable bonds is 4. The van der Waals surface area contributed by atoms with Crippen LogP contribution in [-0.2, 0) is 9.47 Å². The van der Waals surface area contributed by atoms with Crippen LogP contribution in [0.25, 0.3) is 0 Å². The molecule has 19 heavy (non-hydrogen) atoms. The largest absolute Gasteiger partial charge is 0.368 e. The average molecular weight is 390 g/mol. The minimum Gasteiger partial charge on any atom is -0.368 e. The van der Waals surface area contributed by atoms with Gasteiger partial charge in [0, 0.05) is 17.8 Å². The minimum absolute atomic E-state index is 0.142. The van der Waals surface area contributed by atoms with Gasteiger partial charge in [0.15, 0.2) is 0 Å². The van der Waals surface area contributed by atoms with Gasteiger partial charge in [-0.25, -0.2) is 0 Å². The van der Waals surface area contributed by atoms with E-state index in [0.29, 0.717) is 0 Å². The van der Waals surface area contributed by atoms with E-state index in [0.717, 1.165) is 19.3 Å². The molecule has 0 spiro atoms. The Bertz CT molecular complexity index is 408. The number of fused-ring (bicyclic) bond motifs is 1. The number of ether oxygens (including phenoxy) is 2. The van der Waals surface area contributed by atoms with E-state index < -0.39 is 0 Å². The standard InChI is InChI=1S/C15H18Br2O2/c1-2-11(17)5-3-6-12-9-14-15(18-12)10-13(19-14)7-4-8-16/h3,5-8,12-15H,2,9-10H2,1H3/b6-3?,11-5-/t4?,12-,13-,14-,15-/m1/s1. The van der Waals surface area contributed by atoms with Crippen molar-refractivity contribution >= 4 is 31.9 Å². The van der Waals surface area contributed by atoms with Crippen LogP contribution < -0.4 is 0 Å². The van der Waals surface area contributed by atoms with Crippen LogP contribution in [0.1, 0.15) is 26.2 Å². The van der Waals surface area contributed by atoms with Crippen LogP contribution in [0.15, 0.2) is 39.5 Å². The molecule has 4 atom stereocenters. The molecule has 4 heteroatoms. The van der Waals surface area contributed by atoms with Gasteiger partial charge < -0.3 is 9.47 Å². The third-order valence-corrected chi connectivity index (χ3v) is 4.42. The Hall–Kier alpha value is -0.120. The lowest BCUT2D eigenvalue weighted by Crippen LogP contribution is -2.13. The molecular formula is C15H18Br2O2. The summed E-state index contributed by atoms with van der Waals surface area (Å²) in [5, 5.41) is 0. The van der Waals surface area contributed by atoms with Crippen molar-refractivity contribution in [3.05, 3.63) is 39.5 Å². The molecule has 0 saturated carbocycles. The van der Waals surface area contributed by atoms with Crippen LogP contribution in [0.3, 0.4) is 0 Å². The van der Waals surface area contributed by atoms with Crippen LogP contribution >= 0.6 is 31.9 Å². The summed E-state index contributed by atoms with van der Waals surface area (Å²) in [4.78, 5) is 1.72. The topological polar surface area (TPSA) is 18.5 Å². The predicted molar refractivity (Wildman–Crippen MR) is 84.6 cm³/mol. The molecule has 0 aliphatic carbocycles. The molecule has 0 aromatic heterocycles. The molecule has 2 fully saturated rings. The summed E-state index contributed by atoms with van der Waals surface area (Å²) in [6.07, 6.45) is 11.9. The van der Waals surface area contributed by atoms with Gasteiger partial charge in [-0.1, -0.05) is 57.0 Å². The number of halogens is 2. The molecule has 0 N–H and O–H groups in total. The highest BCUT2D eigenvalue weighted by molar-refractivity contribution is 9.11. The molecule has 2 heterocycles. The molecule has 0 aromatic rings. The fourth-order valence-corrected chi connectivity index (χ4v) is 2.69. The first-order chi connectivity index (χ1) is 9.22. The average Bonchev–Trinajstić information content (AvgIpc) is 2.93. The fraction of sp³-hybridized carbons (Fsp3) is 0.533. The van der Waals surface area contributed by atoms with Crippen molar-refractivity contribution in [3.8, 4) is 0 Å². The molecule has 104 valence electrons. The van der Waals surface area contributed by atoms with Crippen LogP contribution in [0.5, 0.6) is 0 Å². The first-order valence-electron chi connectivity index (χ1n) is 6.58. The SMILES string of the molecule is CC/C(Br)=C/C=C[C@@H]1C[C@H]2O[C@H](C=C=CBr)C[C@H]2O1. The molecule has 0 radical (unpaired) electrons. The van der Waals surface area contributed by atoms with Crippen molar-refractivity contribution in [2.75, 3.05) is 0 Å². The number of allylic oxidation sites excluding steroid dienone is 3. The summed E-state index contributed by atoms with van der Waals surface area (Å²) in [5.41, 5.74) is 3.00. The van der Waals surface area contributed by atoms with E-state index in [4.69, 9.17) is 9.47 Å². The molecule has 2 rings (SSSR count). The van der Waals surface area contributed by atoms with E-state index in [1.54, 1.807) is 4.99 Å². The lowest BCUT2D eigenvalue weighted by Gasteiger charge is -2.09. The summed E-state index contributed by atoms with van der Waals surface area (Å²) < 4.78 is 13.1. The quantitative estimate of drug-likeness (QED) is 0.516. The molecule has 2 aliphatic heterocycles. The second kappa shape index (κ2) is 7.61. The van der Waals surface area contributed by atoms with Gasteiger partial charge in [-0.3, -0.25) is 0 Å². The Morgan fingerprint density at radius 1 is 1.26 bits per heavy atom. The van der Waals surface area contributed by atoms with Gasteiger partial charge >= 0.3 is 0 Å². The molecule has 0 unspecified atom stereocenters. The predicted octanol–water partition coefficient (Wildman–Crippen LogP) is 4.61. The summed E-state index contributed by atoms with van der Waals surface area (Å²) in [6, 6.07) is 0. The second-order valence-electron chi connectivity index (χ2n) is 4.69. The van der Waals surface area contributed by atoms with Gasteiger partial charge in [0.05, 0.1) is 24.4 Å². The molecule has 2 nitrogen and oxygen atoms in total. The number of hydrogen-bond donors (Lipinski definition) is 0. The van der Waals surface area contributed by atoms with Crippen LogP contribution in [0.4, 0.5) is 0 Å². The molecule has 0 bridgehead atoms. The minimum atomic E-state index is 0.142. The fourth-order valence-electron chi connectivity index (χ4n) is 2.38. The zero-order valence-electron chi connectivity index (χ0n) is 10.9. The van der Waals surface area contributed by atoms with Gasteiger partial charge in [0.1, 0.15) is 0 Å². The van der Waals surface area contributed by atoms with Gasteiger partial charge in [-0.15, -0.1) is 5.73 Å². The molecule has 2 aliphatic rings. The lowest BCUT2D eigenvalue weighted by atomic mass is 10.1. The van der Waals surface area contributed by atoms with E-state index in [1.165, 1.54) is 4.48 Å². The Labute approximate surface area is 131 Å². The van der Waals surface area contributed by atoms with Gasteiger partial charge in [0.2, 0.25) is 0 Å². The Balaban J connectivity index is 1.83. The molecule has 2 saturated heterocycles. The van der Waals surface area contributed by atoms with Gasteiger partial charge in [-0.05, 0) is 17.0 Å². The van der Waals surface area contributed by atoms with Crippen molar-refractivity contribution in [1.29, 1.82) is 0 Å². The lowest BCUT2D eigenvalue weighted by molar-refractivity contribution is 0.0498. The first kappa shape index (κ1) is 15.3. The number of hydrogen-bond acceptors (Lipinski definition) is 2. The third kappa shape index (κ3) is 4.44. The highest BCUT2D eigenvalue weighted by Gasteiger charge is 2.42. The van der Waals surface area contributed by atoms with Crippen molar-refractivity contribution in [3.63, 3.8) is 0 Å². The highest BCUT2D eigenvalue weighted by atomic mass is 79.9. The second-order valence-corrected chi connectivity index (χ2v) is 6.17. The van der Waals surface area contributed by atoms with Crippen LogP contribution in [-0.4, -0.2) is 24.4 Å². The van der Waals surface area contributed by atoms with E-state index in [-0.39, 0.29) is 24.4 Å². The first-order valence-corrected chi connectivity index (χ1v) is 8.29. The normalized spacial score (nSPS) is 34.4. The van der Waals surface area contributed by atoms with Crippen molar-refractivity contribution < 1.29 is 9.47 Å². The van der Waals surface area contributed by atoms with E-state index in [2.05, 4.69) is 62.7 Å². The summed E-state index contributed by atoms with van der Waals surface area (Å²) in [6.45, 7) is 2.12. The maximum Gasteiger partial charge on any atom is 0.0874 e. The molecular weight excluding hydrogens is 372 g/mol. The molecule has 0 amide bonds. The Kier molecular flexibility index (Phi) is 6.11. The van der Waals surface area contributed by atoms with Crippen molar-refractivity contribution in [2.45, 2.75) is 50.6 Å². The van der Waals surface area contributed by atoms with Gasteiger partial charge in [0.25, 0.3) is 0 Å². The van der Waals surface area contributed by atoms with E-state index in [1.807, 2.05) is 6.08 Å².